The molecule has 0 aromatic rings. The largest absolute Gasteiger partial charge is 0.414 e. The number of alkyl halides is 6. The standard InChI is InChI=1S/C11H14F6O3S/c12-10(13,14)9(11(15,16)17,21-20-19-18)5-8-4-6-1-2-7(8)3-6/h6-8,18H,1-5H2. The lowest BCUT2D eigenvalue weighted by molar-refractivity contribution is -0.434. The van der Waals surface area contributed by atoms with Crippen LogP contribution in [0.2, 0.25) is 0 Å². The SMILES string of the molecule is OOOSC(CC1CC2CCC1C2)(C(F)(F)F)C(F)(F)F. The molecule has 0 amide bonds. The molecule has 1 N–H and O–H groups in total. The zero-order valence-corrected chi connectivity index (χ0v) is 11.5. The third kappa shape index (κ3) is 3.13. The molecule has 0 spiro atoms. The Kier molecular flexibility index (Phi) is 4.73. The Morgan fingerprint density at radius 3 is 2.00 bits per heavy atom. The summed E-state index contributed by atoms with van der Waals surface area (Å²) in [6, 6.07) is 0. The molecule has 2 aliphatic carbocycles. The minimum atomic E-state index is -5.57. The number of fused-ring (bicyclic) bond motifs is 2. The van der Waals surface area contributed by atoms with Crippen molar-refractivity contribution >= 4 is 12.0 Å². The molecule has 0 radical (unpaired) electrons. The Labute approximate surface area is 121 Å². The van der Waals surface area contributed by atoms with Gasteiger partial charge in [-0.1, -0.05) is 11.5 Å². The van der Waals surface area contributed by atoms with E-state index in [-0.39, 0.29) is 11.8 Å². The summed E-state index contributed by atoms with van der Waals surface area (Å²) >= 11 is -0.925. The highest BCUT2D eigenvalue weighted by Gasteiger charge is 2.73. The lowest BCUT2D eigenvalue weighted by Crippen LogP contribution is -2.55. The fourth-order valence-corrected chi connectivity index (χ4v) is 4.21. The summed E-state index contributed by atoms with van der Waals surface area (Å²) in [4.78, 5) is 0. The highest BCUT2D eigenvalue weighted by atomic mass is 32.2. The second kappa shape index (κ2) is 5.78. The van der Waals surface area contributed by atoms with Crippen molar-refractivity contribution in [2.24, 2.45) is 17.8 Å². The van der Waals surface area contributed by atoms with Crippen LogP contribution >= 0.6 is 12.0 Å². The predicted octanol–water partition coefficient (Wildman–Crippen LogP) is 4.75. The Bertz CT molecular complexity index is 358. The van der Waals surface area contributed by atoms with E-state index in [1.807, 2.05) is 0 Å². The molecular weight excluding hydrogens is 326 g/mol. The van der Waals surface area contributed by atoms with Gasteiger partial charge < -0.3 is 0 Å². The lowest BCUT2D eigenvalue weighted by atomic mass is 9.81. The van der Waals surface area contributed by atoms with Crippen molar-refractivity contribution in [2.45, 2.75) is 49.2 Å². The van der Waals surface area contributed by atoms with E-state index in [1.54, 1.807) is 0 Å². The van der Waals surface area contributed by atoms with E-state index in [4.69, 9.17) is 5.26 Å². The molecule has 3 unspecified atom stereocenters. The third-order valence-corrected chi connectivity index (χ3v) is 5.60. The van der Waals surface area contributed by atoms with Crippen molar-refractivity contribution in [3.05, 3.63) is 0 Å². The van der Waals surface area contributed by atoms with Gasteiger partial charge in [0.1, 0.15) is 0 Å². The van der Waals surface area contributed by atoms with Gasteiger partial charge in [-0.2, -0.15) is 26.3 Å². The maximum absolute atomic E-state index is 13.1. The first-order chi connectivity index (χ1) is 9.61. The Balaban J connectivity index is 2.25. The molecule has 2 bridgehead atoms. The highest BCUT2D eigenvalue weighted by molar-refractivity contribution is 7.96. The van der Waals surface area contributed by atoms with Crippen LogP contribution in [0.25, 0.3) is 0 Å². The number of hydrogen-bond donors (Lipinski definition) is 1. The van der Waals surface area contributed by atoms with Crippen LogP contribution in [0.3, 0.4) is 0 Å². The molecule has 2 rings (SSSR count). The van der Waals surface area contributed by atoms with Gasteiger partial charge in [0.05, 0.1) is 12.0 Å². The van der Waals surface area contributed by atoms with Gasteiger partial charge in [0.2, 0.25) is 4.75 Å². The van der Waals surface area contributed by atoms with Crippen molar-refractivity contribution in [3.8, 4) is 0 Å². The van der Waals surface area contributed by atoms with Crippen LogP contribution in [0.1, 0.15) is 32.1 Å². The Hall–Kier alpha value is -0.190. The van der Waals surface area contributed by atoms with Gasteiger partial charge in [-0.05, 0) is 43.4 Å². The summed E-state index contributed by atoms with van der Waals surface area (Å²) in [5.41, 5.74) is 0. The zero-order valence-electron chi connectivity index (χ0n) is 10.7. The van der Waals surface area contributed by atoms with Crippen LogP contribution in [0.5, 0.6) is 0 Å². The maximum Gasteiger partial charge on any atom is 0.414 e. The van der Waals surface area contributed by atoms with Gasteiger partial charge in [0.25, 0.3) is 0 Å². The molecule has 2 aliphatic rings. The van der Waals surface area contributed by atoms with Gasteiger partial charge >= 0.3 is 12.4 Å². The molecule has 2 saturated carbocycles. The molecule has 0 saturated heterocycles. The smallest absolute Gasteiger partial charge is 0.220 e. The van der Waals surface area contributed by atoms with E-state index in [0.29, 0.717) is 19.3 Å². The number of hydrogen-bond acceptors (Lipinski definition) is 4. The maximum atomic E-state index is 13.1. The molecule has 3 nitrogen and oxygen atoms in total. The van der Waals surface area contributed by atoms with Crippen molar-refractivity contribution in [2.75, 3.05) is 0 Å². The van der Waals surface area contributed by atoms with Crippen molar-refractivity contribution < 1.29 is 41.0 Å². The summed E-state index contributed by atoms with van der Waals surface area (Å²) < 4.78 is 78.3. The topological polar surface area (TPSA) is 38.7 Å². The van der Waals surface area contributed by atoms with Gasteiger partial charge in [-0.25, -0.2) is 5.26 Å². The fraction of sp³-hybridized carbons (Fsp3) is 1.00. The first-order valence-electron chi connectivity index (χ1n) is 6.40. The van der Waals surface area contributed by atoms with E-state index in [2.05, 4.69) is 9.37 Å². The van der Waals surface area contributed by atoms with Crippen molar-refractivity contribution in [1.82, 2.24) is 0 Å². The van der Waals surface area contributed by atoms with E-state index in [1.165, 1.54) is 0 Å². The Morgan fingerprint density at radius 2 is 1.62 bits per heavy atom. The molecule has 124 valence electrons. The lowest BCUT2D eigenvalue weighted by Gasteiger charge is -2.38. The number of halogens is 6. The van der Waals surface area contributed by atoms with E-state index in [9.17, 15) is 26.3 Å². The fourth-order valence-electron chi connectivity index (χ4n) is 3.59. The summed E-state index contributed by atoms with van der Waals surface area (Å²) in [6.45, 7) is 0. The summed E-state index contributed by atoms with van der Waals surface area (Å²) in [6.07, 6.45) is -9.65. The molecule has 0 aliphatic heterocycles. The Morgan fingerprint density at radius 1 is 1.00 bits per heavy atom. The quantitative estimate of drug-likeness (QED) is 0.339. The van der Waals surface area contributed by atoms with Crippen molar-refractivity contribution in [1.29, 1.82) is 0 Å². The minimum Gasteiger partial charge on any atom is -0.220 e. The van der Waals surface area contributed by atoms with Crippen LogP contribution in [0.15, 0.2) is 0 Å². The van der Waals surface area contributed by atoms with Crippen LogP contribution < -0.4 is 0 Å². The van der Waals surface area contributed by atoms with Crippen LogP contribution in [0, 0.1) is 17.8 Å². The van der Waals surface area contributed by atoms with E-state index in [0.717, 1.165) is 6.42 Å². The van der Waals surface area contributed by atoms with Gasteiger partial charge in [0.15, 0.2) is 0 Å². The normalized spacial score (nSPS) is 30.1. The first-order valence-corrected chi connectivity index (χ1v) is 7.14. The van der Waals surface area contributed by atoms with Gasteiger partial charge in [0, 0.05) is 0 Å². The second-order valence-corrected chi connectivity index (χ2v) is 6.69. The molecule has 21 heavy (non-hydrogen) atoms. The van der Waals surface area contributed by atoms with Crippen molar-refractivity contribution in [3.63, 3.8) is 0 Å². The van der Waals surface area contributed by atoms with Crippen LogP contribution in [0.4, 0.5) is 26.3 Å². The minimum absolute atomic E-state index is 0.102. The zero-order chi connectivity index (χ0) is 15.9. The molecular formula is C11H14F6O3S. The summed E-state index contributed by atoms with van der Waals surface area (Å²) in [5.74, 6) is -0.532. The van der Waals surface area contributed by atoms with E-state index < -0.39 is 41.5 Å². The second-order valence-electron chi connectivity index (χ2n) is 5.69. The molecule has 0 aromatic carbocycles. The average molecular weight is 340 g/mol. The summed E-state index contributed by atoms with van der Waals surface area (Å²) in [7, 11) is 0. The molecule has 3 atom stereocenters. The molecule has 10 heteroatoms. The molecule has 0 aromatic heterocycles. The predicted molar refractivity (Wildman–Crippen MR) is 60.8 cm³/mol. The van der Waals surface area contributed by atoms with Gasteiger partial charge in [-0.15, -0.1) is 4.33 Å². The molecule has 2 fully saturated rings. The highest BCUT2D eigenvalue weighted by Crippen LogP contribution is 2.60. The van der Waals surface area contributed by atoms with Crippen LogP contribution in [-0.4, -0.2) is 22.4 Å². The van der Waals surface area contributed by atoms with Gasteiger partial charge in [-0.3, -0.25) is 0 Å². The first kappa shape index (κ1) is 17.2. The third-order valence-electron chi connectivity index (χ3n) is 4.56. The molecule has 0 heterocycles. The summed E-state index contributed by atoms with van der Waals surface area (Å²) in [5, 5.41) is 10.9. The number of rotatable bonds is 5. The average Bonchev–Trinajstić information content (AvgIpc) is 2.93. The van der Waals surface area contributed by atoms with E-state index >= 15 is 0 Å². The monoisotopic (exact) mass is 340 g/mol. The van der Waals surface area contributed by atoms with Crippen LogP contribution in [-0.2, 0) is 9.37 Å².